The molecule has 0 spiro atoms. The van der Waals surface area contributed by atoms with Gasteiger partial charge in [0.05, 0.1) is 5.69 Å². The fourth-order valence-electron chi connectivity index (χ4n) is 1.32. The molecule has 16 heavy (non-hydrogen) atoms. The van der Waals surface area contributed by atoms with Gasteiger partial charge in [-0.1, -0.05) is 19.1 Å². The van der Waals surface area contributed by atoms with Gasteiger partial charge >= 0.3 is 0 Å². The van der Waals surface area contributed by atoms with Gasteiger partial charge in [0.25, 0.3) is 0 Å². The molecule has 1 aromatic carbocycles. The number of rotatable bonds is 6. The summed E-state index contributed by atoms with van der Waals surface area (Å²) >= 11 is 0. The molecule has 0 unspecified atom stereocenters. The summed E-state index contributed by atoms with van der Waals surface area (Å²) in [5, 5.41) is 2.98. The zero-order valence-electron chi connectivity index (χ0n) is 9.23. The van der Waals surface area contributed by atoms with Crippen molar-refractivity contribution in [1.29, 1.82) is 0 Å². The first-order chi connectivity index (χ1) is 7.61. The number of hydrogen-bond donors (Lipinski definition) is 3. The van der Waals surface area contributed by atoms with E-state index in [-0.39, 0.29) is 4.90 Å². The predicted octanol–water partition coefficient (Wildman–Crippen LogP) is 0.355. The third-order valence-corrected chi connectivity index (χ3v) is 3.57. The number of nitrogens with one attached hydrogen (secondary N) is 2. The van der Waals surface area contributed by atoms with Gasteiger partial charge in [0.2, 0.25) is 10.0 Å². The minimum absolute atomic E-state index is 0.255. The Labute approximate surface area is 96.1 Å². The molecule has 0 bridgehead atoms. The summed E-state index contributed by atoms with van der Waals surface area (Å²) in [6.45, 7) is 3.11. The molecule has 0 aliphatic rings. The van der Waals surface area contributed by atoms with Crippen LogP contribution in [0.4, 0.5) is 5.69 Å². The molecule has 0 radical (unpaired) electrons. The Hall–Kier alpha value is -1.11. The molecule has 0 aliphatic carbocycles. The number of nitrogens with two attached hydrogens (primary N) is 1. The van der Waals surface area contributed by atoms with E-state index in [1.165, 1.54) is 0 Å². The Morgan fingerprint density at radius 2 is 2.00 bits per heavy atom. The summed E-state index contributed by atoms with van der Waals surface area (Å²) in [5.41, 5.74) is 5.94. The zero-order chi connectivity index (χ0) is 12.0. The third kappa shape index (κ3) is 3.19. The average molecular weight is 243 g/mol. The highest BCUT2D eigenvalue weighted by Crippen LogP contribution is 2.19. The molecule has 0 saturated carbocycles. The Morgan fingerprint density at radius 1 is 1.31 bits per heavy atom. The second kappa shape index (κ2) is 5.83. The highest BCUT2D eigenvalue weighted by Gasteiger charge is 2.16. The van der Waals surface area contributed by atoms with Gasteiger partial charge in [0, 0.05) is 19.6 Å². The molecule has 0 saturated heterocycles. The summed E-state index contributed by atoms with van der Waals surface area (Å²) in [4.78, 5) is 0.255. The van der Waals surface area contributed by atoms with Crippen LogP contribution in [0.3, 0.4) is 0 Å². The van der Waals surface area contributed by atoms with Crippen molar-refractivity contribution in [2.45, 2.75) is 11.8 Å². The summed E-state index contributed by atoms with van der Waals surface area (Å²) in [6, 6.07) is 6.76. The van der Waals surface area contributed by atoms with E-state index < -0.39 is 10.0 Å². The lowest BCUT2D eigenvalue weighted by Crippen LogP contribution is -2.24. The van der Waals surface area contributed by atoms with Crippen LogP contribution in [-0.4, -0.2) is 28.1 Å². The first-order valence-electron chi connectivity index (χ1n) is 5.14. The highest BCUT2D eigenvalue weighted by atomic mass is 32.2. The van der Waals surface area contributed by atoms with Crippen molar-refractivity contribution < 1.29 is 8.42 Å². The second-order valence-electron chi connectivity index (χ2n) is 3.21. The molecule has 0 aliphatic heterocycles. The zero-order valence-corrected chi connectivity index (χ0v) is 10.0. The van der Waals surface area contributed by atoms with Crippen molar-refractivity contribution >= 4 is 15.7 Å². The summed E-state index contributed by atoms with van der Waals surface area (Å²) in [7, 11) is -3.42. The quantitative estimate of drug-likeness (QED) is 0.673. The number of benzene rings is 1. The molecule has 0 atom stereocenters. The normalized spacial score (nSPS) is 11.4. The Morgan fingerprint density at radius 3 is 2.62 bits per heavy atom. The smallest absolute Gasteiger partial charge is 0.242 e. The maximum Gasteiger partial charge on any atom is 0.242 e. The summed E-state index contributed by atoms with van der Waals surface area (Å²) in [5.74, 6) is 0. The van der Waals surface area contributed by atoms with Crippen LogP contribution in [0, 0.1) is 0 Å². The molecule has 1 aromatic rings. The minimum Gasteiger partial charge on any atom is -0.383 e. The van der Waals surface area contributed by atoms with Crippen LogP contribution >= 0.6 is 0 Å². The molecule has 0 aromatic heterocycles. The summed E-state index contributed by atoms with van der Waals surface area (Å²) in [6.07, 6.45) is 0. The lowest BCUT2D eigenvalue weighted by atomic mass is 10.3. The van der Waals surface area contributed by atoms with Gasteiger partial charge in [-0.25, -0.2) is 13.1 Å². The van der Waals surface area contributed by atoms with Gasteiger partial charge in [-0.05, 0) is 12.1 Å². The molecule has 1 rings (SSSR count). The van der Waals surface area contributed by atoms with Crippen molar-refractivity contribution in [3.63, 3.8) is 0 Å². The standard InChI is InChI=1S/C10H17N3O2S/c1-2-13-16(14,15)10-6-4-3-5-9(10)12-8-7-11/h3-6,12-13H,2,7-8,11H2,1H3. The van der Waals surface area contributed by atoms with Crippen LogP contribution in [0.15, 0.2) is 29.2 Å². The second-order valence-corrected chi connectivity index (χ2v) is 4.95. The average Bonchev–Trinajstić information content (AvgIpc) is 2.26. The Balaban J connectivity index is 3.03. The van der Waals surface area contributed by atoms with Crippen molar-refractivity contribution in [3.8, 4) is 0 Å². The SMILES string of the molecule is CCNS(=O)(=O)c1ccccc1NCCN. The van der Waals surface area contributed by atoms with Gasteiger partial charge in [-0.3, -0.25) is 0 Å². The van der Waals surface area contributed by atoms with Gasteiger partial charge in [-0.15, -0.1) is 0 Å². The van der Waals surface area contributed by atoms with E-state index in [1.807, 2.05) is 0 Å². The van der Waals surface area contributed by atoms with E-state index >= 15 is 0 Å². The van der Waals surface area contributed by atoms with Gasteiger partial charge < -0.3 is 11.1 Å². The minimum atomic E-state index is -3.42. The maximum atomic E-state index is 11.8. The number of anilines is 1. The molecule has 0 fully saturated rings. The number of hydrogen-bond acceptors (Lipinski definition) is 4. The van der Waals surface area contributed by atoms with Crippen LogP contribution < -0.4 is 15.8 Å². The van der Waals surface area contributed by atoms with Gasteiger partial charge in [-0.2, -0.15) is 0 Å². The van der Waals surface area contributed by atoms with Gasteiger partial charge in [0.15, 0.2) is 0 Å². The molecule has 6 heteroatoms. The topological polar surface area (TPSA) is 84.2 Å². The van der Waals surface area contributed by atoms with Crippen LogP contribution in [0.1, 0.15) is 6.92 Å². The predicted molar refractivity (Wildman–Crippen MR) is 64.8 cm³/mol. The van der Waals surface area contributed by atoms with Crippen LogP contribution in [-0.2, 0) is 10.0 Å². The molecule has 5 nitrogen and oxygen atoms in total. The highest BCUT2D eigenvalue weighted by molar-refractivity contribution is 7.89. The lowest BCUT2D eigenvalue weighted by molar-refractivity contribution is 0.584. The van der Waals surface area contributed by atoms with Crippen molar-refractivity contribution in [3.05, 3.63) is 24.3 Å². The maximum absolute atomic E-state index is 11.8. The Bertz CT molecular complexity index is 431. The molecule has 4 N–H and O–H groups in total. The monoisotopic (exact) mass is 243 g/mol. The van der Waals surface area contributed by atoms with E-state index in [0.717, 1.165) is 0 Å². The molecular formula is C10H17N3O2S. The fourth-order valence-corrected chi connectivity index (χ4v) is 2.54. The van der Waals surface area contributed by atoms with E-state index in [4.69, 9.17) is 5.73 Å². The third-order valence-electron chi connectivity index (χ3n) is 1.97. The Kier molecular flexibility index (Phi) is 4.72. The van der Waals surface area contributed by atoms with Crippen molar-refractivity contribution in [1.82, 2.24) is 4.72 Å². The van der Waals surface area contributed by atoms with Crippen molar-refractivity contribution in [2.75, 3.05) is 25.0 Å². The largest absolute Gasteiger partial charge is 0.383 e. The number of sulfonamides is 1. The molecular weight excluding hydrogens is 226 g/mol. The van der Waals surface area contributed by atoms with E-state index in [1.54, 1.807) is 31.2 Å². The first-order valence-corrected chi connectivity index (χ1v) is 6.62. The van der Waals surface area contributed by atoms with Crippen LogP contribution in [0.5, 0.6) is 0 Å². The van der Waals surface area contributed by atoms with E-state index in [0.29, 0.717) is 25.3 Å². The van der Waals surface area contributed by atoms with Crippen LogP contribution in [0.25, 0.3) is 0 Å². The van der Waals surface area contributed by atoms with Crippen LogP contribution in [0.2, 0.25) is 0 Å². The lowest BCUT2D eigenvalue weighted by Gasteiger charge is -2.11. The molecule has 90 valence electrons. The molecule has 0 heterocycles. The first kappa shape index (κ1) is 13.0. The summed E-state index contributed by atoms with van der Waals surface area (Å²) < 4.78 is 26.1. The van der Waals surface area contributed by atoms with E-state index in [2.05, 4.69) is 10.0 Å². The van der Waals surface area contributed by atoms with E-state index in [9.17, 15) is 8.42 Å². The van der Waals surface area contributed by atoms with Crippen molar-refractivity contribution in [2.24, 2.45) is 5.73 Å². The number of para-hydroxylation sites is 1. The van der Waals surface area contributed by atoms with Gasteiger partial charge in [0.1, 0.15) is 4.90 Å². The molecule has 0 amide bonds. The fraction of sp³-hybridized carbons (Fsp3) is 0.400.